The monoisotopic (exact) mass is 380 g/mol. The molecule has 28 heavy (non-hydrogen) atoms. The Balaban J connectivity index is 1.41. The van der Waals surface area contributed by atoms with Crippen molar-refractivity contribution in [2.75, 3.05) is 0 Å². The van der Waals surface area contributed by atoms with Crippen molar-refractivity contribution in [1.82, 2.24) is 31.1 Å². The highest BCUT2D eigenvalue weighted by Crippen LogP contribution is 2.43. The number of hydrogen-bond acceptors (Lipinski definition) is 5. The second-order valence-corrected chi connectivity index (χ2v) is 6.65. The molecule has 142 valence electrons. The highest BCUT2D eigenvalue weighted by molar-refractivity contribution is 5.97. The Morgan fingerprint density at radius 1 is 1.00 bits per heavy atom. The van der Waals surface area contributed by atoms with Crippen LogP contribution in [0.3, 0.4) is 0 Å². The maximum atomic E-state index is 13.2. The smallest absolute Gasteiger partial charge is 0.269 e. The maximum Gasteiger partial charge on any atom is 0.269 e. The Morgan fingerprint density at radius 2 is 1.71 bits per heavy atom. The summed E-state index contributed by atoms with van der Waals surface area (Å²) in [7, 11) is 0. The van der Waals surface area contributed by atoms with Gasteiger partial charge in [-0.3, -0.25) is 20.4 Å². The topological polar surface area (TPSA) is 102 Å². The fourth-order valence-electron chi connectivity index (χ4n) is 3.30. The largest absolute Gasteiger partial charge is 0.272 e. The zero-order chi connectivity index (χ0) is 19.6. The van der Waals surface area contributed by atoms with Gasteiger partial charge in [0.2, 0.25) is 5.91 Å². The standard InChI is InChI=1S/C19H17FN6O2/c20-15-6-4-14(5-7-15)19(10-1-11-19)18(28)23-22-17(27)13-2-8-16(9-3-13)26-12-21-24-25-26/h2-9,12H,1,10-11H2,(H,22,27)(H,23,28). The number of rotatable bonds is 4. The highest BCUT2D eigenvalue weighted by Gasteiger charge is 2.45. The normalized spacial score (nSPS) is 14.8. The van der Waals surface area contributed by atoms with Crippen LogP contribution in [0.1, 0.15) is 35.2 Å². The lowest BCUT2D eigenvalue weighted by Crippen LogP contribution is -2.54. The molecule has 1 aliphatic carbocycles. The van der Waals surface area contributed by atoms with Crippen LogP contribution in [0.2, 0.25) is 0 Å². The second kappa shape index (κ2) is 7.18. The molecule has 1 saturated carbocycles. The third-order valence-electron chi connectivity index (χ3n) is 5.07. The summed E-state index contributed by atoms with van der Waals surface area (Å²) in [6.45, 7) is 0. The second-order valence-electron chi connectivity index (χ2n) is 6.65. The molecule has 2 amide bonds. The molecule has 3 aromatic rings. The zero-order valence-corrected chi connectivity index (χ0v) is 14.8. The number of benzene rings is 2. The lowest BCUT2D eigenvalue weighted by molar-refractivity contribution is -0.130. The minimum atomic E-state index is -0.731. The highest BCUT2D eigenvalue weighted by atomic mass is 19.1. The van der Waals surface area contributed by atoms with Crippen molar-refractivity contribution in [3.05, 3.63) is 71.8 Å². The van der Waals surface area contributed by atoms with Gasteiger partial charge in [-0.05, 0) is 65.2 Å². The van der Waals surface area contributed by atoms with Crippen LogP contribution in [0, 0.1) is 5.82 Å². The molecule has 0 saturated heterocycles. The van der Waals surface area contributed by atoms with Crippen LogP contribution in [0.4, 0.5) is 4.39 Å². The fraction of sp³-hybridized carbons (Fsp3) is 0.211. The van der Waals surface area contributed by atoms with Gasteiger partial charge in [0.25, 0.3) is 5.91 Å². The number of tetrazole rings is 1. The predicted molar refractivity (Wildman–Crippen MR) is 96.7 cm³/mol. The first-order valence-corrected chi connectivity index (χ1v) is 8.79. The number of carbonyl (C=O) groups is 2. The van der Waals surface area contributed by atoms with Crippen LogP contribution in [0.25, 0.3) is 5.69 Å². The molecule has 0 radical (unpaired) electrons. The van der Waals surface area contributed by atoms with Crippen molar-refractivity contribution in [3.63, 3.8) is 0 Å². The van der Waals surface area contributed by atoms with Crippen molar-refractivity contribution < 1.29 is 14.0 Å². The van der Waals surface area contributed by atoms with Crippen LogP contribution in [-0.2, 0) is 10.2 Å². The van der Waals surface area contributed by atoms with E-state index in [0.717, 1.165) is 12.0 Å². The number of carbonyl (C=O) groups excluding carboxylic acids is 2. The fourth-order valence-corrected chi connectivity index (χ4v) is 3.30. The van der Waals surface area contributed by atoms with Crippen molar-refractivity contribution in [2.45, 2.75) is 24.7 Å². The summed E-state index contributed by atoms with van der Waals surface area (Å²) in [5.74, 6) is -1.09. The van der Waals surface area contributed by atoms with Crippen LogP contribution in [0.5, 0.6) is 0 Å². The van der Waals surface area contributed by atoms with E-state index in [4.69, 9.17) is 0 Å². The van der Waals surface area contributed by atoms with Crippen molar-refractivity contribution in [2.24, 2.45) is 0 Å². The summed E-state index contributed by atoms with van der Waals surface area (Å²) in [4.78, 5) is 25.1. The number of amides is 2. The first-order chi connectivity index (χ1) is 13.6. The van der Waals surface area contributed by atoms with Crippen LogP contribution >= 0.6 is 0 Å². The molecule has 8 nitrogen and oxygen atoms in total. The third kappa shape index (κ3) is 3.22. The van der Waals surface area contributed by atoms with Crippen molar-refractivity contribution in [1.29, 1.82) is 0 Å². The molecule has 2 N–H and O–H groups in total. The molecular weight excluding hydrogens is 363 g/mol. The minimum absolute atomic E-state index is 0.302. The van der Waals surface area contributed by atoms with Gasteiger partial charge in [-0.2, -0.15) is 0 Å². The molecule has 0 bridgehead atoms. The summed E-state index contributed by atoms with van der Waals surface area (Å²) in [5, 5.41) is 10.9. The molecule has 0 atom stereocenters. The quantitative estimate of drug-likeness (QED) is 0.671. The van der Waals surface area contributed by atoms with E-state index in [1.807, 2.05) is 0 Å². The summed E-state index contributed by atoms with van der Waals surface area (Å²) in [6, 6.07) is 12.5. The molecule has 9 heteroatoms. The molecular formula is C19H17FN6O2. The van der Waals surface area contributed by atoms with E-state index in [1.54, 1.807) is 36.4 Å². The van der Waals surface area contributed by atoms with Gasteiger partial charge in [-0.1, -0.05) is 18.6 Å². The number of nitrogens with one attached hydrogen (secondary N) is 2. The van der Waals surface area contributed by atoms with Gasteiger partial charge in [0.05, 0.1) is 11.1 Å². The molecule has 4 rings (SSSR count). The van der Waals surface area contributed by atoms with Gasteiger partial charge in [-0.25, -0.2) is 9.07 Å². The van der Waals surface area contributed by atoms with E-state index >= 15 is 0 Å². The minimum Gasteiger partial charge on any atom is -0.272 e. The number of aromatic nitrogens is 4. The van der Waals surface area contributed by atoms with Gasteiger partial charge in [0.1, 0.15) is 12.1 Å². The maximum absolute atomic E-state index is 13.2. The lowest BCUT2D eigenvalue weighted by Gasteiger charge is -2.40. The van der Waals surface area contributed by atoms with Gasteiger partial charge in [0, 0.05) is 5.56 Å². The van der Waals surface area contributed by atoms with Gasteiger partial charge < -0.3 is 0 Å². The molecule has 2 aromatic carbocycles. The molecule has 0 unspecified atom stereocenters. The van der Waals surface area contributed by atoms with Crippen molar-refractivity contribution >= 4 is 11.8 Å². The van der Waals surface area contributed by atoms with Gasteiger partial charge >= 0.3 is 0 Å². The average molecular weight is 380 g/mol. The average Bonchev–Trinajstić information content (AvgIpc) is 3.21. The van der Waals surface area contributed by atoms with E-state index in [0.29, 0.717) is 24.1 Å². The molecule has 1 heterocycles. The Hall–Kier alpha value is -3.62. The first kappa shape index (κ1) is 17.8. The Bertz CT molecular complexity index is 982. The van der Waals surface area contributed by atoms with Crippen LogP contribution in [-0.4, -0.2) is 32.0 Å². The number of hydrazine groups is 1. The SMILES string of the molecule is O=C(NNC(=O)C1(c2ccc(F)cc2)CCC1)c1ccc(-n2cnnn2)cc1. The summed E-state index contributed by atoms with van der Waals surface area (Å²) in [6.07, 6.45) is 3.65. The van der Waals surface area contributed by atoms with E-state index < -0.39 is 11.3 Å². The van der Waals surface area contributed by atoms with E-state index in [9.17, 15) is 14.0 Å². The predicted octanol–water partition coefficient (Wildman–Crippen LogP) is 1.68. The first-order valence-electron chi connectivity index (χ1n) is 8.79. The molecule has 1 aliphatic rings. The van der Waals surface area contributed by atoms with Crippen LogP contribution < -0.4 is 10.9 Å². The Labute approximate surface area is 159 Å². The van der Waals surface area contributed by atoms with E-state index in [-0.39, 0.29) is 11.7 Å². The number of hydrogen-bond donors (Lipinski definition) is 2. The van der Waals surface area contributed by atoms with Crippen LogP contribution in [0.15, 0.2) is 54.9 Å². The Kier molecular flexibility index (Phi) is 4.56. The summed E-state index contributed by atoms with van der Waals surface area (Å²) < 4.78 is 14.7. The molecule has 1 fully saturated rings. The summed E-state index contributed by atoms with van der Waals surface area (Å²) >= 11 is 0. The third-order valence-corrected chi connectivity index (χ3v) is 5.07. The Morgan fingerprint density at radius 3 is 2.29 bits per heavy atom. The molecule has 1 aromatic heterocycles. The number of nitrogens with zero attached hydrogens (tertiary/aromatic N) is 4. The lowest BCUT2D eigenvalue weighted by atomic mass is 9.64. The summed E-state index contributed by atoms with van der Waals surface area (Å²) in [5.41, 5.74) is 6.05. The van der Waals surface area contributed by atoms with Crippen molar-refractivity contribution in [3.8, 4) is 5.69 Å². The molecule has 0 spiro atoms. The van der Waals surface area contributed by atoms with Gasteiger partial charge in [0.15, 0.2) is 0 Å². The van der Waals surface area contributed by atoms with Gasteiger partial charge in [-0.15, -0.1) is 5.10 Å². The molecule has 0 aliphatic heterocycles. The van der Waals surface area contributed by atoms with E-state index in [1.165, 1.54) is 23.1 Å². The van der Waals surface area contributed by atoms with E-state index in [2.05, 4.69) is 26.4 Å². The zero-order valence-electron chi connectivity index (χ0n) is 14.8. The number of halogens is 1.